The monoisotopic (exact) mass is 480 g/mol. The molecule has 142 valence electrons. The number of nitrogens with one attached hydrogen (secondary N) is 2. The van der Waals surface area contributed by atoms with Crippen molar-refractivity contribution in [3.8, 4) is 0 Å². The number of rotatable bonds is 6. The van der Waals surface area contributed by atoms with Crippen LogP contribution in [0.1, 0.15) is 26.7 Å². The summed E-state index contributed by atoms with van der Waals surface area (Å²) in [5, 5.41) is 16.8. The molecule has 2 atom stereocenters. The first-order valence-corrected chi connectivity index (χ1v) is 9.17. The van der Waals surface area contributed by atoms with Crippen LogP contribution in [0.4, 0.5) is 5.69 Å². The van der Waals surface area contributed by atoms with Gasteiger partial charge in [-0.2, -0.15) is 0 Å². The Morgan fingerprint density at radius 2 is 2.20 bits per heavy atom. The summed E-state index contributed by atoms with van der Waals surface area (Å²) in [6.07, 6.45) is 2.23. The van der Waals surface area contributed by atoms with Crippen molar-refractivity contribution < 1.29 is 5.11 Å². The van der Waals surface area contributed by atoms with Crippen LogP contribution in [0.15, 0.2) is 29.3 Å². The number of guanidine groups is 1. The number of piperidine rings is 1. The molecule has 2 rings (SSSR count). The van der Waals surface area contributed by atoms with Gasteiger partial charge < -0.3 is 20.6 Å². The Balaban J connectivity index is 0.00000312. The van der Waals surface area contributed by atoms with E-state index in [4.69, 9.17) is 16.7 Å². The minimum atomic E-state index is 0. The van der Waals surface area contributed by atoms with Gasteiger partial charge in [0.15, 0.2) is 5.96 Å². The molecule has 0 aromatic heterocycles. The Morgan fingerprint density at radius 1 is 1.44 bits per heavy atom. The molecule has 1 fully saturated rings. The summed E-state index contributed by atoms with van der Waals surface area (Å²) in [6.45, 7) is 7.58. The van der Waals surface area contributed by atoms with Gasteiger partial charge in [-0.05, 0) is 37.8 Å². The molecule has 25 heavy (non-hydrogen) atoms. The maximum atomic E-state index is 9.16. The number of hydrogen-bond acceptors (Lipinski definition) is 3. The van der Waals surface area contributed by atoms with Crippen LogP contribution in [0.3, 0.4) is 0 Å². The van der Waals surface area contributed by atoms with E-state index in [1.165, 1.54) is 0 Å². The number of aliphatic hydroxyl groups excluding tert-OH is 1. The summed E-state index contributed by atoms with van der Waals surface area (Å²) < 4.78 is 0. The Bertz CT molecular complexity index is 544. The van der Waals surface area contributed by atoms with E-state index in [2.05, 4.69) is 33.5 Å². The lowest BCUT2D eigenvalue weighted by molar-refractivity contribution is 0.241. The van der Waals surface area contributed by atoms with Crippen molar-refractivity contribution in [3.05, 3.63) is 29.3 Å². The van der Waals surface area contributed by atoms with Gasteiger partial charge in [0.05, 0.1) is 10.7 Å². The first kappa shape index (κ1) is 22.3. The number of aliphatic imine (C=N–C) groups is 1. The molecule has 5 nitrogen and oxygen atoms in total. The fourth-order valence-corrected chi connectivity index (χ4v) is 3.10. The van der Waals surface area contributed by atoms with Crippen molar-refractivity contribution in [2.75, 3.05) is 37.7 Å². The molecular formula is C18H30ClIN4O. The highest BCUT2D eigenvalue weighted by Gasteiger charge is 2.22. The number of para-hydroxylation sites is 1. The molecule has 7 heteroatoms. The zero-order valence-corrected chi connectivity index (χ0v) is 18.1. The summed E-state index contributed by atoms with van der Waals surface area (Å²) in [5.41, 5.74) is 1.10. The number of benzene rings is 1. The molecular weight excluding hydrogens is 451 g/mol. The second kappa shape index (κ2) is 11.8. The summed E-state index contributed by atoms with van der Waals surface area (Å²) in [4.78, 5) is 6.92. The van der Waals surface area contributed by atoms with Crippen LogP contribution >= 0.6 is 35.6 Å². The van der Waals surface area contributed by atoms with Crippen LogP contribution in [0.5, 0.6) is 0 Å². The molecule has 0 amide bonds. The van der Waals surface area contributed by atoms with Gasteiger partial charge in [0.2, 0.25) is 0 Å². The summed E-state index contributed by atoms with van der Waals surface area (Å²) in [5.74, 6) is 0.996. The first-order valence-electron chi connectivity index (χ1n) is 8.79. The van der Waals surface area contributed by atoms with E-state index in [-0.39, 0.29) is 36.5 Å². The highest BCUT2D eigenvalue weighted by molar-refractivity contribution is 14.0. The second-order valence-electron chi connectivity index (χ2n) is 6.39. The van der Waals surface area contributed by atoms with Gasteiger partial charge in [-0.3, -0.25) is 4.99 Å². The highest BCUT2D eigenvalue weighted by atomic mass is 127. The third-order valence-corrected chi connectivity index (χ3v) is 4.49. The predicted molar refractivity (Wildman–Crippen MR) is 117 cm³/mol. The lowest BCUT2D eigenvalue weighted by atomic mass is 10.0. The number of halogens is 2. The van der Waals surface area contributed by atoms with Crippen LogP contribution in [0.25, 0.3) is 0 Å². The summed E-state index contributed by atoms with van der Waals surface area (Å²) in [6, 6.07) is 8.34. The van der Waals surface area contributed by atoms with Crippen LogP contribution in [0, 0.1) is 5.92 Å². The Kier molecular flexibility index (Phi) is 10.5. The van der Waals surface area contributed by atoms with E-state index in [0.717, 1.165) is 49.1 Å². The molecule has 0 spiro atoms. The fourth-order valence-electron chi connectivity index (χ4n) is 2.84. The third-order valence-electron chi connectivity index (χ3n) is 4.17. The lowest BCUT2D eigenvalue weighted by Gasteiger charge is -2.35. The standard InChI is InChI=1S/C18H29ClN4O.HI/c1-3-20-18(21-11-14(2)13-24)22-15-7-6-10-23(12-15)17-9-5-4-8-16(17)19;/h4-5,8-9,14-15,24H,3,6-7,10-13H2,1-2H3,(H2,20,21,22);1H. The average molecular weight is 481 g/mol. The number of hydrogen-bond donors (Lipinski definition) is 3. The van der Waals surface area contributed by atoms with Crippen LogP contribution in [-0.2, 0) is 0 Å². The molecule has 0 radical (unpaired) electrons. The van der Waals surface area contributed by atoms with E-state index in [1.54, 1.807) is 0 Å². The highest BCUT2D eigenvalue weighted by Crippen LogP contribution is 2.27. The molecule has 2 unspecified atom stereocenters. The van der Waals surface area contributed by atoms with Crippen LogP contribution in [-0.4, -0.2) is 49.9 Å². The molecule has 1 aromatic carbocycles. The second-order valence-corrected chi connectivity index (χ2v) is 6.80. The van der Waals surface area contributed by atoms with Crippen molar-refractivity contribution in [3.63, 3.8) is 0 Å². The molecule has 0 saturated carbocycles. The van der Waals surface area contributed by atoms with Gasteiger partial charge in [0.1, 0.15) is 0 Å². The van der Waals surface area contributed by atoms with E-state index >= 15 is 0 Å². The first-order chi connectivity index (χ1) is 11.6. The minimum absolute atomic E-state index is 0. The SMILES string of the molecule is CCNC(=NCC(C)CO)NC1CCCN(c2ccccc2Cl)C1.I. The summed E-state index contributed by atoms with van der Waals surface area (Å²) in [7, 11) is 0. The van der Waals surface area contributed by atoms with Gasteiger partial charge in [0.25, 0.3) is 0 Å². The van der Waals surface area contributed by atoms with Crippen LogP contribution < -0.4 is 15.5 Å². The van der Waals surface area contributed by atoms with Crippen LogP contribution in [0.2, 0.25) is 5.02 Å². The summed E-state index contributed by atoms with van der Waals surface area (Å²) >= 11 is 6.34. The third kappa shape index (κ3) is 7.19. The minimum Gasteiger partial charge on any atom is -0.396 e. The molecule has 3 N–H and O–H groups in total. The van der Waals surface area contributed by atoms with E-state index in [1.807, 2.05) is 25.1 Å². The molecule has 0 bridgehead atoms. The maximum absolute atomic E-state index is 9.16. The van der Waals surface area contributed by atoms with Crippen molar-refractivity contribution in [2.24, 2.45) is 10.9 Å². The van der Waals surface area contributed by atoms with E-state index in [9.17, 15) is 0 Å². The Labute approximate surface area is 173 Å². The predicted octanol–water partition coefficient (Wildman–Crippen LogP) is 3.11. The van der Waals surface area contributed by atoms with Crippen molar-refractivity contribution in [2.45, 2.75) is 32.7 Å². The topological polar surface area (TPSA) is 59.9 Å². The van der Waals surface area contributed by atoms with Crippen molar-refractivity contribution in [1.29, 1.82) is 0 Å². The molecule has 1 saturated heterocycles. The Hall–Kier alpha value is -0.730. The molecule has 1 aliphatic rings. The van der Waals surface area contributed by atoms with E-state index in [0.29, 0.717) is 12.6 Å². The number of aliphatic hydroxyl groups is 1. The quantitative estimate of drug-likeness (QED) is 0.333. The number of anilines is 1. The number of nitrogens with zero attached hydrogens (tertiary/aromatic N) is 2. The van der Waals surface area contributed by atoms with Crippen molar-refractivity contribution in [1.82, 2.24) is 10.6 Å². The fraction of sp³-hybridized carbons (Fsp3) is 0.611. The zero-order valence-electron chi connectivity index (χ0n) is 15.0. The molecule has 1 aromatic rings. The maximum Gasteiger partial charge on any atom is 0.191 e. The zero-order chi connectivity index (χ0) is 17.4. The molecule has 0 aliphatic carbocycles. The van der Waals surface area contributed by atoms with Gasteiger partial charge >= 0.3 is 0 Å². The lowest BCUT2D eigenvalue weighted by Crippen LogP contribution is -2.51. The van der Waals surface area contributed by atoms with Gasteiger partial charge in [-0.25, -0.2) is 0 Å². The normalized spacial score (nSPS) is 19.1. The van der Waals surface area contributed by atoms with Gasteiger partial charge in [0, 0.05) is 38.8 Å². The smallest absolute Gasteiger partial charge is 0.191 e. The Morgan fingerprint density at radius 3 is 2.88 bits per heavy atom. The van der Waals surface area contributed by atoms with E-state index < -0.39 is 0 Å². The molecule has 1 aliphatic heterocycles. The van der Waals surface area contributed by atoms with Crippen molar-refractivity contribution >= 4 is 47.2 Å². The van der Waals surface area contributed by atoms with Gasteiger partial charge in [-0.15, -0.1) is 24.0 Å². The van der Waals surface area contributed by atoms with Gasteiger partial charge in [-0.1, -0.05) is 30.7 Å². The molecule has 1 heterocycles. The largest absolute Gasteiger partial charge is 0.396 e. The average Bonchev–Trinajstić information content (AvgIpc) is 2.60.